The molecule has 3 aliphatic rings. The van der Waals surface area contributed by atoms with Gasteiger partial charge >= 0.3 is 12.1 Å². The van der Waals surface area contributed by atoms with Crippen molar-refractivity contribution in [2.75, 3.05) is 6.61 Å². The summed E-state index contributed by atoms with van der Waals surface area (Å²) >= 11 is 0. The van der Waals surface area contributed by atoms with E-state index in [1.807, 2.05) is 20.8 Å². The zero-order valence-electron chi connectivity index (χ0n) is 12.3. The monoisotopic (exact) mass is 285 g/mol. The summed E-state index contributed by atoms with van der Waals surface area (Å²) in [5.74, 6) is -0.834. The van der Waals surface area contributed by atoms with Gasteiger partial charge in [-0.25, -0.2) is 4.79 Å². The molecule has 0 spiro atoms. The minimum Gasteiger partial charge on any atom is -0.481 e. The number of aliphatic carboxylic acids is 1. The molecule has 1 saturated carbocycles. The lowest BCUT2D eigenvalue weighted by Gasteiger charge is -2.52. The van der Waals surface area contributed by atoms with Crippen molar-refractivity contribution in [2.45, 2.75) is 69.6 Å². The van der Waals surface area contributed by atoms with Crippen molar-refractivity contribution in [3.8, 4) is 0 Å². The van der Waals surface area contributed by atoms with Crippen LogP contribution in [0, 0.1) is 0 Å². The number of ether oxygens (including phenoxy) is 2. The van der Waals surface area contributed by atoms with Crippen LogP contribution in [-0.2, 0) is 14.3 Å². The maximum absolute atomic E-state index is 11.9. The summed E-state index contributed by atoms with van der Waals surface area (Å²) in [6.07, 6.45) is 2.40. The molecule has 2 saturated heterocycles. The van der Waals surface area contributed by atoms with Crippen LogP contribution in [0.4, 0.5) is 4.79 Å². The largest absolute Gasteiger partial charge is 0.481 e. The summed E-state index contributed by atoms with van der Waals surface area (Å²) in [6, 6.07) is 0. The van der Waals surface area contributed by atoms with E-state index < -0.39 is 28.8 Å². The van der Waals surface area contributed by atoms with Gasteiger partial charge in [-0.15, -0.1) is 0 Å². The van der Waals surface area contributed by atoms with Crippen molar-refractivity contribution in [2.24, 2.45) is 0 Å². The van der Waals surface area contributed by atoms with Gasteiger partial charge in [-0.1, -0.05) is 0 Å². The summed E-state index contributed by atoms with van der Waals surface area (Å²) in [5.41, 5.74) is -1.47. The maximum atomic E-state index is 11.9. The molecule has 2 aliphatic heterocycles. The van der Waals surface area contributed by atoms with Crippen LogP contribution in [0.5, 0.6) is 0 Å². The van der Waals surface area contributed by atoms with Crippen molar-refractivity contribution in [3.05, 3.63) is 0 Å². The van der Waals surface area contributed by atoms with Gasteiger partial charge in [0.25, 0.3) is 0 Å². The summed E-state index contributed by atoms with van der Waals surface area (Å²) in [6.45, 7) is 5.82. The number of hydrogen-bond acceptors (Lipinski definition) is 4. The zero-order valence-corrected chi connectivity index (χ0v) is 12.3. The van der Waals surface area contributed by atoms with Crippen molar-refractivity contribution in [1.82, 2.24) is 5.32 Å². The second-order valence-corrected chi connectivity index (χ2v) is 6.95. The van der Waals surface area contributed by atoms with E-state index in [0.29, 0.717) is 19.4 Å². The molecule has 20 heavy (non-hydrogen) atoms. The van der Waals surface area contributed by atoms with E-state index >= 15 is 0 Å². The Bertz CT molecular complexity index is 388. The minimum absolute atomic E-state index is 0.0372. The van der Waals surface area contributed by atoms with Gasteiger partial charge in [0, 0.05) is 0 Å². The smallest absolute Gasteiger partial charge is 0.408 e. The topological polar surface area (TPSA) is 84.9 Å². The molecule has 0 aromatic rings. The van der Waals surface area contributed by atoms with Gasteiger partial charge in [-0.05, 0) is 46.5 Å². The van der Waals surface area contributed by atoms with Crippen LogP contribution in [-0.4, -0.2) is 40.5 Å². The van der Waals surface area contributed by atoms with E-state index in [-0.39, 0.29) is 6.42 Å². The molecule has 1 aliphatic carbocycles. The van der Waals surface area contributed by atoms with Gasteiger partial charge in [0.1, 0.15) is 5.60 Å². The fraction of sp³-hybridized carbons (Fsp3) is 0.857. The van der Waals surface area contributed by atoms with Crippen molar-refractivity contribution >= 4 is 12.1 Å². The van der Waals surface area contributed by atoms with Gasteiger partial charge in [0.15, 0.2) is 0 Å². The molecule has 3 rings (SSSR count). The molecule has 2 bridgehead atoms. The first-order valence-electron chi connectivity index (χ1n) is 7.01. The first-order chi connectivity index (χ1) is 9.14. The molecule has 6 heteroatoms. The lowest BCUT2D eigenvalue weighted by atomic mass is 9.70. The highest BCUT2D eigenvalue weighted by Gasteiger charge is 2.51. The minimum atomic E-state index is -0.834. The third-order valence-electron chi connectivity index (χ3n) is 4.01. The lowest BCUT2D eigenvalue weighted by Crippen LogP contribution is -2.63. The first kappa shape index (κ1) is 15.1. The fourth-order valence-corrected chi connectivity index (χ4v) is 2.95. The molecular formula is C14H23NO5. The third kappa shape index (κ3) is 3.42. The van der Waals surface area contributed by atoms with Crippen molar-refractivity contribution in [3.63, 3.8) is 0 Å². The van der Waals surface area contributed by atoms with E-state index in [1.54, 1.807) is 0 Å². The highest BCUT2D eigenvalue weighted by atomic mass is 16.6. The number of carboxylic acids is 1. The van der Waals surface area contributed by atoms with Crippen LogP contribution in [0.25, 0.3) is 0 Å². The molecule has 1 amide bonds. The Morgan fingerprint density at radius 3 is 2.25 bits per heavy atom. The Hall–Kier alpha value is -1.30. The van der Waals surface area contributed by atoms with E-state index in [1.165, 1.54) is 0 Å². The van der Waals surface area contributed by atoms with Gasteiger partial charge in [0.2, 0.25) is 0 Å². The molecule has 0 aromatic heterocycles. The highest BCUT2D eigenvalue weighted by Crippen LogP contribution is 2.45. The quantitative estimate of drug-likeness (QED) is 0.829. The third-order valence-corrected chi connectivity index (χ3v) is 4.01. The molecule has 6 nitrogen and oxygen atoms in total. The van der Waals surface area contributed by atoms with E-state index in [9.17, 15) is 9.59 Å². The SMILES string of the molecule is CC(C)(C)OC(=O)NC12CCC(CC(=O)O)(CC1)OC2. The van der Waals surface area contributed by atoms with E-state index in [0.717, 1.165) is 12.8 Å². The summed E-state index contributed by atoms with van der Waals surface area (Å²) < 4.78 is 11.0. The Labute approximate surface area is 118 Å². The highest BCUT2D eigenvalue weighted by molar-refractivity contribution is 5.69. The number of amides is 1. The Morgan fingerprint density at radius 1 is 1.25 bits per heavy atom. The maximum Gasteiger partial charge on any atom is 0.408 e. The summed E-state index contributed by atoms with van der Waals surface area (Å²) in [4.78, 5) is 22.8. The first-order valence-corrected chi connectivity index (χ1v) is 7.01. The molecule has 0 unspecified atom stereocenters. The molecule has 2 heterocycles. The number of fused-ring (bicyclic) bond motifs is 3. The van der Waals surface area contributed by atoms with Crippen LogP contribution in [0.15, 0.2) is 0 Å². The van der Waals surface area contributed by atoms with Gasteiger partial charge in [-0.2, -0.15) is 0 Å². The molecule has 3 fully saturated rings. The fourth-order valence-electron chi connectivity index (χ4n) is 2.95. The predicted molar refractivity (Wildman–Crippen MR) is 71.5 cm³/mol. The standard InChI is InChI=1S/C14H23NO5/c1-12(2,3)20-11(18)15-13-4-6-14(7-5-13,19-9-13)8-10(16)17/h4-9H2,1-3H3,(H,15,18)(H,16,17). The molecule has 2 N–H and O–H groups in total. The average molecular weight is 285 g/mol. The molecule has 114 valence electrons. The second-order valence-electron chi connectivity index (χ2n) is 6.95. The van der Waals surface area contributed by atoms with Crippen molar-refractivity contribution in [1.29, 1.82) is 0 Å². The molecule has 0 aromatic carbocycles. The van der Waals surface area contributed by atoms with Crippen molar-refractivity contribution < 1.29 is 24.2 Å². The number of alkyl carbamates (subject to hydrolysis) is 1. The van der Waals surface area contributed by atoms with E-state index in [2.05, 4.69) is 5.32 Å². The van der Waals surface area contributed by atoms with Gasteiger partial charge in [0.05, 0.1) is 24.2 Å². The number of hydrogen-bond donors (Lipinski definition) is 2. The normalized spacial score (nSPS) is 32.8. The number of nitrogens with one attached hydrogen (secondary N) is 1. The number of carboxylic acid groups (broad SMARTS) is 1. The van der Waals surface area contributed by atoms with Crippen LogP contribution in [0.1, 0.15) is 52.9 Å². The Balaban J connectivity index is 1.94. The predicted octanol–water partition coefficient (Wildman–Crippen LogP) is 2.07. The van der Waals surface area contributed by atoms with Crippen LogP contribution < -0.4 is 5.32 Å². The lowest BCUT2D eigenvalue weighted by molar-refractivity contribution is -0.177. The number of rotatable bonds is 3. The van der Waals surface area contributed by atoms with E-state index in [4.69, 9.17) is 14.6 Å². The van der Waals surface area contributed by atoms with Crippen LogP contribution >= 0.6 is 0 Å². The van der Waals surface area contributed by atoms with Gasteiger partial charge < -0.3 is 19.9 Å². The number of carbonyl (C=O) groups excluding carboxylic acids is 1. The average Bonchev–Trinajstić information content (AvgIpc) is 2.27. The molecule has 0 atom stereocenters. The number of carbonyl (C=O) groups is 2. The summed E-state index contributed by atoms with van der Waals surface area (Å²) in [5, 5.41) is 11.9. The Morgan fingerprint density at radius 2 is 1.85 bits per heavy atom. The molecule has 0 radical (unpaired) electrons. The van der Waals surface area contributed by atoms with Crippen LogP contribution in [0.3, 0.4) is 0 Å². The van der Waals surface area contributed by atoms with Crippen LogP contribution in [0.2, 0.25) is 0 Å². The van der Waals surface area contributed by atoms with Gasteiger partial charge in [-0.3, -0.25) is 4.79 Å². The Kier molecular flexibility index (Phi) is 3.71. The summed E-state index contributed by atoms with van der Waals surface area (Å²) in [7, 11) is 0. The zero-order chi connectivity index (χ0) is 15.0. The second kappa shape index (κ2) is 4.91. The molecular weight excluding hydrogens is 262 g/mol.